The van der Waals surface area contributed by atoms with Gasteiger partial charge in [0.25, 0.3) is 0 Å². The summed E-state index contributed by atoms with van der Waals surface area (Å²) in [6, 6.07) is 0. The molecular formula is C56H98O6. The number of hydrogen-bond acceptors (Lipinski definition) is 6. The minimum absolute atomic E-state index is 0.0868. The van der Waals surface area contributed by atoms with E-state index in [0.717, 1.165) is 109 Å². The van der Waals surface area contributed by atoms with Gasteiger partial charge in [-0.25, -0.2) is 0 Å². The Hall–Kier alpha value is -2.89. The Labute approximate surface area is 383 Å². The summed E-state index contributed by atoms with van der Waals surface area (Å²) in [7, 11) is 0. The first-order valence-electron chi connectivity index (χ1n) is 26.3. The van der Waals surface area contributed by atoms with Gasteiger partial charge in [0.2, 0.25) is 0 Å². The number of hydrogen-bond donors (Lipinski definition) is 0. The van der Waals surface area contributed by atoms with Gasteiger partial charge in [0.1, 0.15) is 13.2 Å². The summed E-state index contributed by atoms with van der Waals surface area (Å²) in [4.78, 5) is 38.0. The third-order valence-electron chi connectivity index (χ3n) is 11.3. The van der Waals surface area contributed by atoms with Crippen LogP contribution in [0.25, 0.3) is 0 Å². The lowest BCUT2D eigenvalue weighted by Gasteiger charge is -2.18. The van der Waals surface area contributed by atoms with E-state index in [0.29, 0.717) is 19.3 Å². The van der Waals surface area contributed by atoms with E-state index in [2.05, 4.69) is 81.5 Å². The van der Waals surface area contributed by atoms with Crippen molar-refractivity contribution in [3.8, 4) is 0 Å². The number of carbonyl (C=O) groups is 3. The zero-order valence-electron chi connectivity index (χ0n) is 40.9. The molecule has 1 unspecified atom stereocenters. The smallest absolute Gasteiger partial charge is 0.306 e. The van der Waals surface area contributed by atoms with Crippen molar-refractivity contribution < 1.29 is 28.6 Å². The van der Waals surface area contributed by atoms with Crippen molar-refractivity contribution in [3.05, 3.63) is 60.8 Å². The molecule has 0 heterocycles. The molecule has 0 aromatic heterocycles. The summed E-state index contributed by atoms with van der Waals surface area (Å²) in [6.45, 7) is 6.49. The maximum atomic E-state index is 12.8. The molecule has 0 saturated heterocycles. The molecule has 0 aromatic carbocycles. The van der Waals surface area contributed by atoms with Crippen molar-refractivity contribution >= 4 is 17.9 Å². The van der Waals surface area contributed by atoms with E-state index < -0.39 is 6.10 Å². The molecule has 0 amide bonds. The van der Waals surface area contributed by atoms with Crippen molar-refractivity contribution in [1.82, 2.24) is 0 Å². The Morgan fingerprint density at radius 1 is 0.355 bits per heavy atom. The fraction of sp³-hybridized carbons (Fsp3) is 0.768. The van der Waals surface area contributed by atoms with Crippen LogP contribution in [0.4, 0.5) is 0 Å². The normalized spacial score (nSPS) is 12.5. The zero-order valence-corrected chi connectivity index (χ0v) is 40.9. The van der Waals surface area contributed by atoms with E-state index in [1.165, 1.54) is 109 Å². The first-order valence-corrected chi connectivity index (χ1v) is 26.3. The fourth-order valence-corrected chi connectivity index (χ4v) is 7.33. The molecule has 6 heteroatoms. The summed E-state index contributed by atoms with van der Waals surface area (Å²) in [6.07, 6.45) is 62.0. The molecule has 0 aliphatic carbocycles. The molecule has 0 rings (SSSR count). The summed E-state index contributed by atoms with van der Waals surface area (Å²) >= 11 is 0. The van der Waals surface area contributed by atoms with Crippen LogP contribution in [0.1, 0.15) is 258 Å². The Kier molecular flexibility index (Phi) is 48.4. The molecule has 0 aliphatic heterocycles. The molecule has 0 aromatic rings. The van der Waals surface area contributed by atoms with E-state index in [1.54, 1.807) is 0 Å². The second kappa shape index (κ2) is 50.8. The second-order valence-electron chi connectivity index (χ2n) is 17.4. The first-order chi connectivity index (χ1) is 30.5. The summed E-state index contributed by atoms with van der Waals surface area (Å²) in [5, 5.41) is 0. The highest BCUT2D eigenvalue weighted by atomic mass is 16.6. The largest absolute Gasteiger partial charge is 0.462 e. The Balaban J connectivity index is 4.41. The molecular weight excluding hydrogens is 769 g/mol. The molecule has 0 aliphatic rings. The Morgan fingerprint density at radius 2 is 0.677 bits per heavy atom. The first kappa shape index (κ1) is 59.1. The Morgan fingerprint density at radius 3 is 1.08 bits per heavy atom. The van der Waals surface area contributed by atoms with Crippen LogP contribution in [-0.2, 0) is 28.6 Å². The molecule has 0 fully saturated rings. The lowest BCUT2D eigenvalue weighted by Crippen LogP contribution is -2.30. The quantitative estimate of drug-likeness (QED) is 0.0199. The van der Waals surface area contributed by atoms with E-state index in [-0.39, 0.29) is 31.1 Å². The maximum absolute atomic E-state index is 12.8. The summed E-state index contributed by atoms with van der Waals surface area (Å²) in [5.74, 6) is -0.920. The number of carbonyl (C=O) groups excluding carboxylic acids is 3. The van der Waals surface area contributed by atoms with Gasteiger partial charge in [0, 0.05) is 19.3 Å². The van der Waals surface area contributed by atoms with Gasteiger partial charge in [-0.2, -0.15) is 0 Å². The topological polar surface area (TPSA) is 78.9 Å². The molecule has 358 valence electrons. The van der Waals surface area contributed by atoms with Crippen molar-refractivity contribution in [3.63, 3.8) is 0 Å². The monoisotopic (exact) mass is 867 g/mol. The number of allylic oxidation sites excluding steroid dienone is 10. The van der Waals surface area contributed by atoms with Crippen molar-refractivity contribution in [2.45, 2.75) is 264 Å². The second-order valence-corrected chi connectivity index (χ2v) is 17.4. The van der Waals surface area contributed by atoms with Crippen LogP contribution in [0, 0.1) is 0 Å². The van der Waals surface area contributed by atoms with Gasteiger partial charge in [-0.3, -0.25) is 14.4 Å². The van der Waals surface area contributed by atoms with Gasteiger partial charge in [-0.05, 0) is 77.0 Å². The highest BCUT2D eigenvalue weighted by Gasteiger charge is 2.19. The van der Waals surface area contributed by atoms with Gasteiger partial charge < -0.3 is 14.2 Å². The molecule has 0 N–H and O–H groups in total. The van der Waals surface area contributed by atoms with E-state index in [1.807, 2.05) is 0 Å². The van der Waals surface area contributed by atoms with Gasteiger partial charge in [0.15, 0.2) is 6.10 Å². The van der Waals surface area contributed by atoms with Crippen molar-refractivity contribution in [1.29, 1.82) is 0 Å². The highest BCUT2D eigenvalue weighted by molar-refractivity contribution is 5.71. The fourth-order valence-electron chi connectivity index (χ4n) is 7.33. The van der Waals surface area contributed by atoms with Gasteiger partial charge in [-0.15, -0.1) is 0 Å². The molecule has 62 heavy (non-hydrogen) atoms. The van der Waals surface area contributed by atoms with Crippen LogP contribution in [0.15, 0.2) is 60.8 Å². The van der Waals surface area contributed by atoms with Crippen LogP contribution in [0.2, 0.25) is 0 Å². The minimum Gasteiger partial charge on any atom is -0.462 e. The minimum atomic E-state index is -0.789. The van der Waals surface area contributed by atoms with Crippen LogP contribution in [-0.4, -0.2) is 37.2 Å². The Bertz CT molecular complexity index is 1130. The average Bonchev–Trinajstić information content (AvgIpc) is 3.27. The van der Waals surface area contributed by atoms with Crippen molar-refractivity contribution in [2.75, 3.05) is 13.2 Å². The highest BCUT2D eigenvalue weighted by Crippen LogP contribution is 2.15. The molecule has 6 nitrogen and oxygen atoms in total. The summed E-state index contributed by atoms with van der Waals surface area (Å²) < 4.78 is 16.8. The molecule has 0 bridgehead atoms. The van der Waals surface area contributed by atoms with E-state index in [4.69, 9.17) is 14.2 Å². The van der Waals surface area contributed by atoms with Crippen LogP contribution in [0.3, 0.4) is 0 Å². The maximum Gasteiger partial charge on any atom is 0.306 e. The molecule has 0 saturated carbocycles. The van der Waals surface area contributed by atoms with Crippen LogP contribution >= 0.6 is 0 Å². The predicted octanol–water partition coefficient (Wildman–Crippen LogP) is 17.3. The van der Waals surface area contributed by atoms with Gasteiger partial charge >= 0.3 is 17.9 Å². The van der Waals surface area contributed by atoms with Gasteiger partial charge in [-0.1, -0.05) is 223 Å². The average molecular weight is 867 g/mol. The van der Waals surface area contributed by atoms with E-state index in [9.17, 15) is 14.4 Å². The van der Waals surface area contributed by atoms with Crippen molar-refractivity contribution in [2.24, 2.45) is 0 Å². The molecule has 1 atom stereocenters. The zero-order chi connectivity index (χ0) is 45.1. The number of unbranched alkanes of at least 4 members (excludes halogenated alkanes) is 27. The van der Waals surface area contributed by atoms with Gasteiger partial charge in [0.05, 0.1) is 0 Å². The number of ether oxygens (including phenoxy) is 3. The number of esters is 3. The van der Waals surface area contributed by atoms with Crippen LogP contribution in [0.5, 0.6) is 0 Å². The van der Waals surface area contributed by atoms with Crippen LogP contribution < -0.4 is 0 Å². The third-order valence-corrected chi connectivity index (χ3v) is 11.3. The standard InChI is InChI=1S/C56H98O6/c1-4-7-10-13-16-19-22-25-27-28-29-30-32-34-37-40-43-46-49-55(58)61-52-53(51-60-54(57)48-45-42-39-36-33-24-21-18-15-12-9-6-3)62-56(59)50-47-44-41-38-35-31-26-23-20-17-14-11-8-5-2/h8,11,17,20,26-31,53H,4-7,9-10,12-16,18-19,21-25,32-52H2,1-3H3/b11-8-,20-17-,28-27-,30-29-,31-26-. The predicted molar refractivity (Wildman–Crippen MR) is 265 cm³/mol. The lowest BCUT2D eigenvalue weighted by atomic mass is 10.0. The third kappa shape index (κ3) is 48.1. The number of rotatable bonds is 47. The summed E-state index contributed by atoms with van der Waals surface area (Å²) in [5.41, 5.74) is 0. The van der Waals surface area contributed by atoms with E-state index >= 15 is 0 Å². The molecule has 0 radical (unpaired) electrons. The molecule has 0 spiro atoms. The SMILES string of the molecule is CC/C=C\C/C=C\C/C=C\CCCCCCC(=O)OC(COC(=O)CCCCCCC/C=C\C=C/CCCCCCCCC)COC(=O)CCCCCCCCCCCCCC. The lowest BCUT2D eigenvalue weighted by molar-refractivity contribution is -0.167.